The fraction of sp³-hybridized carbons (Fsp3) is 0.607. The van der Waals surface area contributed by atoms with Gasteiger partial charge in [-0.25, -0.2) is 4.79 Å². The van der Waals surface area contributed by atoms with Gasteiger partial charge in [0.25, 0.3) is 0 Å². The van der Waals surface area contributed by atoms with Crippen LogP contribution in [0, 0.1) is 0 Å². The molecule has 0 saturated heterocycles. The third-order valence-corrected chi connectivity index (χ3v) is 5.92. The lowest BCUT2D eigenvalue weighted by molar-refractivity contribution is -0.142. The first-order chi connectivity index (χ1) is 17.1. The van der Waals surface area contributed by atoms with Crippen molar-refractivity contribution in [3.05, 3.63) is 42.0 Å². The molecule has 0 aliphatic rings. The van der Waals surface area contributed by atoms with Crippen molar-refractivity contribution in [1.29, 1.82) is 0 Å². The Hall–Kier alpha value is -2.48. The van der Waals surface area contributed by atoms with E-state index in [2.05, 4.69) is 43.7 Å². The van der Waals surface area contributed by atoms with Crippen LogP contribution in [0.1, 0.15) is 90.3 Å². The molecule has 8 heteroatoms. The van der Waals surface area contributed by atoms with Gasteiger partial charge in [-0.15, -0.1) is 0 Å². The van der Waals surface area contributed by atoms with Crippen LogP contribution in [-0.4, -0.2) is 53.3 Å². The summed E-state index contributed by atoms with van der Waals surface area (Å²) < 4.78 is 5.35. The van der Waals surface area contributed by atoms with Gasteiger partial charge >= 0.3 is 6.09 Å². The number of nitrogens with one attached hydrogen (secondary N) is 2. The van der Waals surface area contributed by atoms with Crippen LogP contribution in [0.3, 0.4) is 0 Å². The summed E-state index contributed by atoms with van der Waals surface area (Å²) in [6.45, 7) is 14.2. The summed E-state index contributed by atoms with van der Waals surface area (Å²) in [7, 11) is 0. The summed E-state index contributed by atoms with van der Waals surface area (Å²) >= 11 is 4.33. The van der Waals surface area contributed by atoms with Gasteiger partial charge in [-0.3, -0.25) is 9.59 Å². The predicted molar refractivity (Wildman–Crippen MR) is 150 cm³/mol. The zero-order valence-corrected chi connectivity index (χ0v) is 23.5. The Morgan fingerprint density at radius 2 is 1.78 bits per heavy atom. The van der Waals surface area contributed by atoms with Gasteiger partial charge in [0.2, 0.25) is 11.8 Å². The molecule has 0 fully saturated rings. The van der Waals surface area contributed by atoms with Crippen molar-refractivity contribution in [2.24, 2.45) is 0 Å². The predicted octanol–water partition coefficient (Wildman–Crippen LogP) is 5.52. The van der Waals surface area contributed by atoms with E-state index in [0.717, 1.165) is 44.1 Å². The number of nitrogens with zero attached hydrogens (tertiary/aromatic N) is 1. The van der Waals surface area contributed by atoms with E-state index in [1.165, 1.54) is 0 Å². The van der Waals surface area contributed by atoms with Crippen molar-refractivity contribution in [2.75, 3.05) is 18.8 Å². The molecule has 0 bridgehead atoms. The molecule has 0 spiro atoms. The second-order valence-corrected chi connectivity index (χ2v) is 10.3. The van der Waals surface area contributed by atoms with Crippen LogP contribution in [0.2, 0.25) is 0 Å². The van der Waals surface area contributed by atoms with E-state index in [-0.39, 0.29) is 17.6 Å². The maximum atomic E-state index is 13.8. The standard InChI is InChI=1S/C28H45N3O4S/c1-7-10-12-17-29-25(32)24(22-16-14-15-21(9-3)19-22)31(18-13-11-8-2)26(33)23(20-36)30-27(34)35-28(4,5)6/h9,14-16,19,23-24,36H,3,7-8,10-13,17-18,20H2,1-2,4-6H3,(H,29,32)(H,30,34). The minimum Gasteiger partial charge on any atom is -0.444 e. The third kappa shape index (κ3) is 11.1. The molecule has 1 aromatic carbocycles. The highest BCUT2D eigenvalue weighted by Gasteiger charge is 2.35. The van der Waals surface area contributed by atoms with Gasteiger partial charge in [-0.2, -0.15) is 12.6 Å². The van der Waals surface area contributed by atoms with Crippen LogP contribution in [0.15, 0.2) is 30.8 Å². The van der Waals surface area contributed by atoms with Crippen LogP contribution in [0.5, 0.6) is 0 Å². The molecule has 0 aliphatic carbocycles. The number of hydrogen-bond donors (Lipinski definition) is 3. The van der Waals surface area contributed by atoms with E-state index in [1.807, 2.05) is 24.3 Å². The first-order valence-electron chi connectivity index (χ1n) is 13.0. The zero-order valence-electron chi connectivity index (χ0n) is 22.6. The molecule has 2 atom stereocenters. The summed E-state index contributed by atoms with van der Waals surface area (Å²) in [4.78, 5) is 41.4. The SMILES string of the molecule is C=Cc1cccc(C(C(=O)NCCCCC)N(CCCCC)C(=O)C(CS)NC(=O)OC(C)(C)C)c1. The number of amides is 3. The van der Waals surface area contributed by atoms with Crippen LogP contribution < -0.4 is 10.6 Å². The highest BCUT2D eigenvalue weighted by Crippen LogP contribution is 2.25. The lowest BCUT2D eigenvalue weighted by Gasteiger charge is -2.34. The molecule has 0 aliphatic heterocycles. The van der Waals surface area contributed by atoms with E-state index >= 15 is 0 Å². The Kier molecular flexibility index (Phi) is 14.3. The smallest absolute Gasteiger partial charge is 0.408 e. The lowest BCUT2D eigenvalue weighted by Crippen LogP contribution is -2.54. The average Bonchev–Trinajstić information content (AvgIpc) is 2.83. The van der Waals surface area contributed by atoms with Crippen LogP contribution in [0.4, 0.5) is 4.79 Å². The molecule has 1 rings (SSSR count). The molecule has 0 radical (unpaired) electrons. The molecule has 0 heterocycles. The first kappa shape index (κ1) is 31.5. The summed E-state index contributed by atoms with van der Waals surface area (Å²) in [6, 6.07) is 5.69. The normalized spacial score (nSPS) is 12.8. The Bertz CT molecular complexity index is 853. The number of ether oxygens (including phenoxy) is 1. The van der Waals surface area contributed by atoms with Crippen molar-refractivity contribution < 1.29 is 19.1 Å². The van der Waals surface area contributed by atoms with E-state index in [4.69, 9.17) is 4.74 Å². The fourth-order valence-electron chi connectivity index (χ4n) is 3.75. The van der Waals surface area contributed by atoms with E-state index < -0.39 is 23.8 Å². The second kappa shape index (κ2) is 16.3. The lowest BCUT2D eigenvalue weighted by atomic mass is 10.00. The monoisotopic (exact) mass is 519 g/mol. The van der Waals surface area contributed by atoms with E-state index in [1.54, 1.807) is 31.7 Å². The van der Waals surface area contributed by atoms with Crippen LogP contribution in [0.25, 0.3) is 6.08 Å². The Labute approximate surface area is 222 Å². The van der Waals surface area contributed by atoms with Crippen LogP contribution in [-0.2, 0) is 14.3 Å². The molecule has 0 saturated carbocycles. The molecule has 0 aromatic heterocycles. The number of carbonyl (C=O) groups excluding carboxylic acids is 3. The van der Waals surface area contributed by atoms with Gasteiger partial charge in [0, 0.05) is 18.8 Å². The van der Waals surface area contributed by atoms with E-state index in [9.17, 15) is 14.4 Å². The van der Waals surface area contributed by atoms with Gasteiger partial charge in [0.05, 0.1) is 0 Å². The highest BCUT2D eigenvalue weighted by molar-refractivity contribution is 7.80. The van der Waals surface area contributed by atoms with Gasteiger partial charge in [-0.1, -0.05) is 70.4 Å². The summed E-state index contributed by atoms with van der Waals surface area (Å²) in [5, 5.41) is 5.66. The maximum absolute atomic E-state index is 13.8. The largest absolute Gasteiger partial charge is 0.444 e. The molecule has 7 nitrogen and oxygen atoms in total. The van der Waals surface area contributed by atoms with Crippen molar-refractivity contribution in [2.45, 2.75) is 90.8 Å². The number of benzene rings is 1. The Morgan fingerprint density at radius 3 is 2.36 bits per heavy atom. The fourth-order valence-corrected chi connectivity index (χ4v) is 3.99. The average molecular weight is 520 g/mol. The second-order valence-electron chi connectivity index (χ2n) is 9.90. The molecular weight excluding hydrogens is 474 g/mol. The molecule has 2 unspecified atom stereocenters. The molecule has 36 heavy (non-hydrogen) atoms. The first-order valence-corrected chi connectivity index (χ1v) is 13.6. The van der Waals surface area contributed by atoms with Gasteiger partial charge in [0.15, 0.2) is 0 Å². The molecule has 1 aromatic rings. The summed E-state index contributed by atoms with van der Waals surface area (Å²) in [6.07, 6.45) is 6.54. The minimum atomic E-state index is -0.942. The zero-order chi connectivity index (χ0) is 27.1. The highest BCUT2D eigenvalue weighted by atomic mass is 32.1. The van der Waals surface area contributed by atoms with E-state index in [0.29, 0.717) is 18.7 Å². The molecule has 2 N–H and O–H groups in total. The number of rotatable bonds is 15. The summed E-state index contributed by atoms with van der Waals surface area (Å²) in [5.41, 5.74) is 0.844. The van der Waals surface area contributed by atoms with Gasteiger partial charge in [-0.05, 0) is 50.8 Å². The maximum Gasteiger partial charge on any atom is 0.408 e. The molecule has 3 amide bonds. The number of thiol groups is 1. The minimum absolute atomic E-state index is 0.0693. The van der Waals surface area contributed by atoms with Crippen molar-refractivity contribution in [1.82, 2.24) is 15.5 Å². The van der Waals surface area contributed by atoms with Crippen molar-refractivity contribution >= 4 is 36.6 Å². The quantitative estimate of drug-likeness (QED) is 0.210. The molecule has 202 valence electrons. The number of carbonyl (C=O) groups is 3. The van der Waals surface area contributed by atoms with Gasteiger partial charge in [0.1, 0.15) is 17.7 Å². The third-order valence-electron chi connectivity index (χ3n) is 5.56. The van der Waals surface area contributed by atoms with Crippen LogP contribution >= 0.6 is 12.6 Å². The molecular formula is C28H45N3O4S. The number of alkyl carbamates (subject to hydrolysis) is 1. The Morgan fingerprint density at radius 1 is 1.11 bits per heavy atom. The van der Waals surface area contributed by atoms with Crippen molar-refractivity contribution in [3.63, 3.8) is 0 Å². The topological polar surface area (TPSA) is 87.7 Å². The summed E-state index contributed by atoms with van der Waals surface area (Å²) in [5.74, 6) is -0.545. The number of hydrogen-bond acceptors (Lipinski definition) is 5. The number of unbranched alkanes of at least 4 members (excludes halogenated alkanes) is 4. The van der Waals surface area contributed by atoms with Crippen molar-refractivity contribution in [3.8, 4) is 0 Å². The Balaban J connectivity index is 3.36. The van der Waals surface area contributed by atoms with Gasteiger partial charge < -0.3 is 20.3 Å².